The molecule has 2 rings (SSSR count). The van der Waals surface area contributed by atoms with Crippen molar-refractivity contribution in [1.29, 1.82) is 0 Å². The Morgan fingerprint density at radius 1 is 0.576 bits per heavy atom. The maximum absolute atomic E-state index is 12.7. The summed E-state index contributed by atoms with van der Waals surface area (Å²) in [6.45, 7) is 7.68. The van der Waals surface area contributed by atoms with Gasteiger partial charge in [-0.05, 0) is 92.5 Å². The van der Waals surface area contributed by atoms with Crippen LogP contribution in [0, 0.1) is 11.8 Å². The van der Waals surface area contributed by atoms with E-state index in [0.717, 1.165) is 11.8 Å². The molecule has 2 aromatic carbocycles. The molecule has 0 bridgehead atoms. The number of benzene rings is 2. The molecule has 4 amide bonds. The molecule has 0 aliphatic heterocycles. The molecule has 0 heterocycles. The Bertz CT molecular complexity index is 2050. The first-order valence-corrected chi connectivity index (χ1v) is 23.6. The highest BCUT2D eigenvalue weighted by Crippen LogP contribution is 2.20. The van der Waals surface area contributed by atoms with Gasteiger partial charge < -0.3 is 41.0 Å². The Hall–Kier alpha value is -5.57. The van der Waals surface area contributed by atoms with Crippen LogP contribution in [0.3, 0.4) is 0 Å². The summed E-state index contributed by atoms with van der Waals surface area (Å²) in [4.78, 5) is 96.1. The van der Waals surface area contributed by atoms with Crippen molar-refractivity contribution in [3.05, 3.63) is 58.7 Å². The molecule has 0 aliphatic carbocycles. The molecule has 19 nitrogen and oxygen atoms in total. The number of anilines is 2. The van der Waals surface area contributed by atoms with Gasteiger partial charge in [-0.2, -0.15) is 8.42 Å². The summed E-state index contributed by atoms with van der Waals surface area (Å²) in [5.41, 5.74) is 3.49. The van der Waals surface area contributed by atoms with E-state index in [0.29, 0.717) is 60.2 Å². The van der Waals surface area contributed by atoms with Crippen molar-refractivity contribution < 1.29 is 70.6 Å². The van der Waals surface area contributed by atoms with Gasteiger partial charge >= 0.3 is 11.9 Å². The van der Waals surface area contributed by atoms with Gasteiger partial charge in [-0.15, -0.1) is 0 Å². The Balaban J connectivity index is 0.000000665. The Labute approximate surface area is 387 Å². The third-order valence-corrected chi connectivity index (χ3v) is 10.6. The average Bonchev–Trinajstić information content (AvgIpc) is 3.27. The van der Waals surface area contributed by atoms with Crippen LogP contribution in [0.2, 0.25) is 0 Å². The van der Waals surface area contributed by atoms with Crippen molar-refractivity contribution in [3.63, 3.8) is 0 Å². The van der Waals surface area contributed by atoms with Crippen molar-refractivity contribution >= 4 is 68.6 Å². The number of aliphatic hydroxyl groups excluding tert-OH is 2. The summed E-state index contributed by atoms with van der Waals surface area (Å²) in [6, 6.07) is 8.53. The molecule has 0 saturated carbocycles. The van der Waals surface area contributed by atoms with Gasteiger partial charge in [0.25, 0.3) is 10.1 Å². The standard InChI is InChI=1S/C24H36N2O8S.C22H32N2O7/c1-6-18-12-19(15-34-35(5,31)32)14-20(13-18)26-24(30)16(2)11-21(27)17(3)25-22(28)9-7-8-10-23(29)33-4;1-14(22(30)24-18-10-16(12-25)9-17(11-18)13-26)8-19(27)15(2)23-20(28)6-4-5-7-21(29)31-3/h12-14,16-17H,6-11,15H2,1-5H3,(H,25,28)(H,26,30);9-11,14-15,25-26H,4-8,12-13H2,1-3H3,(H,23,28)(H,24,30)/t16-,17+;14-,15+/m11/s1. The lowest BCUT2D eigenvalue weighted by molar-refractivity contribution is -0.141. The molecule has 0 saturated heterocycles. The summed E-state index contributed by atoms with van der Waals surface area (Å²) in [6.07, 6.45) is 4.41. The topological polar surface area (TPSA) is 287 Å². The molecule has 0 radical (unpaired) electrons. The molecule has 6 N–H and O–H groups in total. The summed E-state index contributed by atoms with van der Waals surface area (Å²) < 4.78 is 36.5. The third kappa shape index (κ3) is 24.6. The number of aliphatic hydroxyl groups is 2. The number of esters is 2. The maximum Gasteiger partial charge on any atom is 0.305 e. The SMILES string of the molecule is CCc1cc(COS(C)(=O)=O)cc(NC(=O)[C@H](C)CC(=O)[C@H](C)NC(=O)CCCCC(=O)OC)c1.COC(=O)CCCCC(=O)N[C@@H](C)C(=O)C[C@@H](C)C(=O)Nc1cc(CO)cc(CO)c1. The second kappa shape index (κ2) is 30.6. The number of ether oxygens (including phenoxy) is 2. The molecule has 0 aromatic heterocycles. The highest BCUT2D eigenvalue weighted by molar-refractivity contribution is 7.85. The van der Waals surface area contributed by atoms with Crippen LogP contribution in [0.15, 0.2) is 36.4 Å². The van der Waals surface area contributed by atoms with Crippen LogP contribution in [0.1, 0.15) is 121 Å². The molecule has 2 aromatic rings. The van der Waals surface area contributed by atoms with E-state index in [1.807, 2.05) is 6.92 Å². The van der Waals surface area contributed by atoms with Gasteiger partial charge in [0.1, 0.15) is 0 Å². The number of aryl methyl sites for hydroxylation is 1. The van der Waals surface area contributed by atoms with E-state index in [1.165, 1.54) is 14.2 Å². The fourth-order valence-electron chi connectivity index (χ4n) is 6.09. The zero-order chi connectivity index (χ0) is 50.0. The number of unbranched alkanes of at least 4 members (excludes halogenated alkanes) is 2. The number of methoxy groups -OCH3 is 2. The normalized spacial score (nSPS) is 12.8. The molecule has 20 heteroatoms. The summed E-state index contributed by atoms with van der Waals surface area (Å²) >= 11 is 0. The second-order valence-corrected chi connectivity index (χ2v) is 17.6. The lowest BCUT2D eigenvalue weighted by atomic mass is 9.99. The quantitative estimate of drug-likeness (QED) is 0.0400. The maximum atomic E-state index is 12.7. The minimum absolute atomic E-state index is 0.0534. The molecule has 66 heavy (non-hydrogen) atoms. The van der Waals surface area contributed by atoms with Crippen LogP contribution in [0.4, 0.5) is 11.4 Å². The number of ketones is 2. The van der Waals surface area contributed by atoms with Crippen LogP contribution in [-0.2, 0) is 88.4 Å². The van der Waals surface area contributed by atoms with Gasteiger partial charge in [-0.1, -0.05) is 32.9 Å². The number of nitrogens with one attached hydrogen (secondary N) is 4. The van der Waals surface area contributed by atoms with E-state index in [1.54, 1.807) is 64.1 Å². The number of amides is 4. The Kier molecular flexibility index (Phi) is 27.1. The summed E-state index contributed by atoms with van der Waals surface area (Å²) in [5.74, 6) is -3.84. The van der Waals surface area contributed by atoms with Crippen LogP contribution >= 0.6 is 0 Å². The largest absolute Gasteiger partial charge is 0.469 e. The predicted molar refractivity (Wildman–Crippen MR) is 245 cm³/mol. The molecule has 368 valence electrons. The molecular formula is C46H68N4O15S. The molecule has 0 unspecified atom stereocenters. The highest BCUT2D eigenvalue weighted by atomic mass is 32.2. The lowest BCUT2D eigenvalue weighted by Gasteiger charge is -2.17. The number of Topliss-reactive ketones (excluding diaryl/α,β-unsaturated/α-hetero) is 2. The lowest BCUT2D eigenvalue weighted by Crippen LogP contribution is -2.39. The van der Waals surface area contributed by atoms with Gasteiger partial charge in [0.2, 0.25) is 23.6 Å². The zero-order valence-corrected chi connectivity index (χ0v) is 40.1. The first-order chi connectivity index (χ1) is 31.0. The molecule has 0 fully saturated rings. The van der Waals surface area contributed by atoms with Crippen LogP contribution in [0.25, 0.3) is 0 Å². The van der Waals surface area contributed by atoms with Gasteiger partial charge in [0.15, 0.2) is 11.6 Å². The number of rotatable bonds is 28. The van der Waals surface area contributed by atoms with Crippen molar-refractivity contribution in [2.75, 3.05) is 31.1 Å². The molecule has 0 aliphatic rings. The van der Waals surface area contributed by atoms with Crippen LogP contribution < -0.4 is 21.3 Å². The Morgan fingerprint density at radius 2 is 0.939 bits per heavy atom. The van der Waals surface area contributed by atoms with Gasteiger partial charge in [-0.3, -0.25) is 42.5 Å². The number of carbonyl (C=O) groups is 8. The Morgan fingerprint density at radius 3 is 1.30 bits per heavy atom. The van der Waals surface area contributed by atoms with Crippen LogP contribution in [-0.4, -0.2) is 98.3 Å². The van der Waals surface area contributed by atoms with E-state index >= 15 is 0 Å². The molecule has 4 atom stereocenters. The third-order valence-electron chi connectivity index (χ3n) is 10.0. The fraction of sp³-hybridized carbons (Fsp3) is 0.565. The number of carbonyl (C=O) groups excluding carboxylic acids is 8. The van der Waals surface area contributed by atoms with Crippen molar-refractivity contribution in [2.24, 2.45) is 11.8 Å². The minimum Gasteiger partial charge on any atom is -0.469 e. The molecule has 0 spiro atoms. The van der Waals surface area contributed by atoms with Crippen molar-refractivity contribution in [2.45, 2.75) is 137 Å². The smallest absolute Gasteiger partial charge is 0.305 e. The highest BCUT2D eigenvalue weighted by Gasteiger charge is 2.24. The minimum atomic E-state index is -3.61. The fourth-order valence-corrected chi connectivity index (χ4v) is 6.44. The van der Waals surface area contributed by atoms with E-state index in [4.69, 9.17) is 4.18 Å². The summed E-state index contributed by atoms with van der Waals surface area (Å²) in [7, 11) is -0.993. The van der Waals surface area contributed by atoms with Crippen molar-refractivity contribution in [3.8, 4) is 0 Å². The average molecular weight is 949 g/mol. The van der Waals surface area contributed by atoms with Gasteiger partial charge in [0.05, 0.1) is 52.4 Å². The second-order valence-electron chi connectivity index (χ2n) is 16.0. The van der Waals surface area contributed by atoms with Gasteiger partial charge in [-0.25, -0.2) is 0 Å². The first-order valence-electron chi connectivity index (χ1n) is 21.8. The monoisotopic (exact) mass is 948 g/mol. The molecular weight excluding hydrogens is 881 g/mol. The van der Waals surface area contributed by atoms with Crippen molar-refractivity contribution in [1.82, 2.24) is 10.6 Å². The number of hydrogen-bond donors (Lipinski definition) is 6. The van der Waals surface area contributed by atoms with E-state index in [-0.39, 0.29) is 105 Å². The van der Waals surface area contributed by atoms with E-state index < -0.39 is 34.0 Å². The first kappa shape index (κ1) is 58.4. The van der Waals surface area contributed by atoms with Crippen LogP contribution in [0.5, 0.6) is 0 Å². The zero-order valence-electron chi connectivity index (χ0n) is 39.3. The van der Waals surface area contributed by atoms with Gasteiger partial charge in [0, 0.05) is 61.7 Å². The van der Waals surface area contributed by atoms with E-state index in [2.05, 4.69) is 30.7 Å². The summed E-state index contributed by atoms with van der Waals surface area (Å²) in [5, 5.41) is 29.3. The number of hydrogen-bond acceptors (Lipinski definition) is 15. The van der Waals surface area contributed by atoms with E-state index in [9.17, 15) is 57.0 Å². The predicted octanol–water partition coefficient (Wildman–Crippen LogP) is 3.94.